The van der Waals surface area contributed by atoms with Crippen molar-refractivity contribution in [2.75, 3.05) is 40.3 Å². The number of nitrogens with zero attached hydrogens (tertiary/aromatic N) is 2. The largest absolute Gasteiger partial charge is 0.481 e. The van der Waals surface area contributed by atoms with Crippen LogP contribution in [0.25, 0.3) is 0 Å². The molecule has 1 unspecified atom stereocenters. The van der Waals surface area contributed by atoms with Gasteiger partial charge in [-0.15, -0.1) is 0 Å². The van der Waals surface area contributed by atoms with Crippen molar-refractivity contribution in [3.63, 3.8) is 0 Å². The highest BCUT2D eigenvalue weighted by molar-refractivity contribution is 5.79. The van der Waals surface area contributed by atoms with Gasteiger partial charge in [0.25, 0.3) is 0 Å². The molecule has 21 heavy (non-hydrogen) atoms. The van der Waals surface area contributed by atoms with E-state index in [1.807, 2.05) is 21.0 Å². The molecule has 0 saturated carbocycles. The van der Waals surface area contributed by atoms with Crippen molar-refractivity contribution in [2.45, 2.75) is 33.6 Å². The fourth-order valence-corrected chi connectivity index (χ4v) is 3.00. The lowest BCUT2D eigenvalue weighted by Gasteiger charge is -2.30. The molecule has 1 rings (SSSR count). The van der Waals surface area contributed by atoms with Gasteiger partial charge in [0, 0.05) is 26.2 Å². The molecule has 6 heteroatoms. The molecule has 0 aromatic heterocycles. The van der Waals surface area contributed by atoms with E-state index in [1.54, 1.807) is 4.90 Å². The van der Waals surface area contributed by atoms with E-state index in [4.69, 9.17) is 0 Å². The van der Waals surface area contributed by atoms with Crippen molar-refractivity contribution in [2.24, 2.45) is 10.8 Å². The maximum Gasteiger partial charge on any atom is 0.317 e. The topological polar surface area (TPSA) is 72.9 Å². The Morgan fingerprint density at radius 1 is 1.38 bits per heavy atom. The smallest absolute Gasteiger partial charge is 0.317 e. The zero-order valence-electron chi connectivity index (χ0n) is 13.9. The summed E-state index contributed by atoms with van der Waals surface area (Å²) in [6.45, 7) is 8.35. The number of hydrogen-bond acceptors (Lipinski definition) is 3. The minimum atomic E-state index is -0.798. The van der Waals surface area contributed by atoms with Crippen molar-refractivity contribution >= 4 is 12.0 Å². The normalized spacial score (nSPS) is 22.7. The van der Waals surface area contributed by atoms with E-state index in [1.165, 1.54) is 0 Å². The third kappa shape index (κ3) is 4.59. The van der Waals surface area contributed by atoms with Crippen molar-refractivity contribution in [1.82, 2.24) is 15.1 Å². The Labute approximate surface area is 127 Å². The summed E-state index contributed by atoms with van der Waals surface area (Å²) in [5.74, 6) is -0.798. The molecule has 2 amide bonds. The number of likely N-dealkylation sites (tertiary alicyclic amines) is 1. The van der Waals surface area contributed by atoms with Gasteiger partial charge in [0.05, 0.1) is 5.41 Å². The van der Waals surface area contributed by atoms with Crippen molar-refractivity contribution in [1.29, 1.82) is 0 Å². The van der Waals surface area contributed by atoms with Gasteiger partial charge >= 0.3 is 12.0 Å². The summed E-state index contributed by atoms with van der Waals surface area (Å²) in [6, 6.07) is -0.154. The quantitative estimate of drug-likeness (QED) is 0.779. The lowest BCUT2D eigenvalue weighted by molar-refractivity contribution is -0.148. The average Bonchev–Trinajstić information content (AvgIpc) is 2.80. The van der Waals surface area contributed by atoms with Crippen LogP contribution in [-0.4, -0.2) is 67.2 Å². The van der Waals surface area contributed by atoms with Gasteiger partial charge in [-0.05, 0) is 32.4 Å². The number of carbonyl (C=O) groups is 2. The van der Waals surface area contributed by atoms with Crippen LogP contribution in [-0.2, 0) is 4.79 Å². The van der Waals surface area contributed by atoms with Crippen LogP contribution < -0.4 is 5.32 Å². The maximum atomic E-state index is 12.2. The molecule has 122 valence electrons. The Morgan fingerprint density at radius 2 is 2.00 bits per heavy atom. The van der Waals surface area contributed by atoms with Gasteiger partial charge in [-0.1, -0.05) is 20.8 Å². The predicted octanol–water partition coefficient (Wildman–Crippen LogP) is 1.47. The highest BCUT2D eigenvalue weighted by atomic mass is 16.4. The Balaban J connectivity index is 2.53. The van der Waals surface area contributed by atoms with E-state index in [2.05, 4.69) is 24.1 Å². The SMILES string of the molecule is CCC1(C(=O)O)CCN(C(=O)NCC(C)(C)CN(C)C)C1. The predicted molar refractivity (Wildman–Crippen MR) is 82.3 cm³/mol. The Kier molecular flexibility index (Phi) is 5.61. The highest BCUT2D eigenvalue weighted by Gasteiger charge is 2.44. The molecule has 0 aromatic rings. The Hall–Kier alpha value is -1.30. The number of carboxylic acid groups (broad SMARTS) is 1. The second-order valence-electron chi connectivity index (χ2n) is 7.17. The van der Waals surface area contributed by atoms with Gasteiger partial charge < -0.3 is 20.2 Å². The molecule has 1 aliphatic rings. The molecule has 0 radical (unpaired) electrons. The number of carbonyl (C=O) groups excluding carboxylic acids is 1. The van der Waals surface area contributed by atoms with E-state index < -0.39 is 11.4 Å². The summed E-state index contributed by atoms with van der Waals surface area (Å²) in [5.41, 5.74) is -0.788. The first-order chi connectivity index (χ1) is 9.62. The van der Waals surface area contributed by atoms with Gasteiger partial charge in [0.15, 0.2) is 0 Å². The van der Waals surface area contributed by atoms with E-state index >= 15 is 0 Å². The molecule has 1 saturated heterocycles. The lowest BCUT2D eigenvalue weighted by atomic mass is 9.84. The van der Waals surface area contributed by atoms with Crippen molar-refractivity contribution in [3.05, 3.63) is 0 Å². The molecular formula is C15H29N3O3. The molecule has 1 atom stereocenters. The van der Waals surface area contributed by atoms with E-state index in [9.17, 15) is 14.7 Å². The first-order valence-electron chi connectivity index (χ1n) is 7.53. The summed E-state index contributed by atoms with van der Waals surface area (Å²) in [7, 11) is 4.01. The summed E-state index contributed by atoms with van der Waals surface area (Å²) >= 11 is 0. The molecule has 1 heterocycles. The Morgan fingerprint density at radius 3 is 2.43 bits per heavy atom. The van der Waals surface area contributed by atoms with Crippen LogP contribution in [0.3, 0.4) is 0 Å². The zero-order chi connectivity index (χ0) is 16.3. The van der Waals surface area contributed by atoms with Gasteiger partial charge in [0.1, 0.15) is 0 Å². The van der Waals surface area contributed by atoms with Gasteiger partial charge in [-0.25, -0.2) is 4.79 Å². The highest BCUT2D eigenvalue weighted by Crippen LogP contribution is 2.34. The first-order valence-corrected chi connectivity index (χ1v) is 7.53. The monoisotopic (exact) mass is 299 g/mol. The summed E-state index contributed by atoms with van der Waals surface area (Å²) in [4.78, 5) is 27.3. The molecule has 2 N–H and O–H groups in total. The number of carboxylic acids is 1. The number of urea groups is 1. The standard InChI is InChI=1S/C15H29N3O3/c1-6-15(12(19)20)7-8-18(11-15)13(21)16-9-14(2,3)10-17(4)5/h6-11H2,1-5H3,(H,16,21)(H,19,20). The molecule has 6 nitrogen and oxygen atoms in total. The number of hydrogen-bond donors (Lipinski definition) is 2. The zero-order valence-corrected chi connectivity index (χ0v) is 13.9. The van der Waals surface area contributed by atoms with Crippen LogP contribution in [0.4, 0.5) is 4.79 Å². The second kappa shape index (κ2) is 6.64. The van der Waals surface area contributed by atoms with Crippen LogP contribution in [0.5, 0.6) is 0 Å². The second-order valence-corrected chi connectivity index (χ2v) is 7.17. The van der Waals surface area contributed by atoms with Gasteiger partial charge in [-0.2, -0.15) is 0 Å². The summed E-state index contributed by atoms with van der Waals surface area (Å²) < 4.78 is 0. The molecule has 1 fully saturated rings. The minimum absolute atomic E-state index is 0.0203. The van der Waals surface area contributed by atoms with Crippen LogP contribution >= 0.6 is 0 Å². The number of amides is 2. The van der Waals surface area contributed by atoms with Crippen LogP contribution in [0.2, 0.25) is 0 Å². The van der Waals surface area contributed by atoms with Gasteiger partial charge in [-0.3, -0.25) is 4.79 Å². The minimum Gasteiger partial charge on any atom is -0.481 e. The van der Waals surface area contributed by atoms with Crippen molar-refractivity contribution in [3.8, 4) is 0 Å². The third-order valence-electron chi connectivity index (χ3n) is 4.23. The molecular weight excluding hydrogens is 270 g/mol. The molecule has 0 aliphatic carbocycles. The third-order valence-corrected chi connectivity index (χ3v) is 4.23. The average molecular weight is 299 g/mol. The van der Waals surface area contributed by atoms with Crippen molar-refractivity contribution < 1.29 is 14.7 Å². The fourth-order valence-electron chi connectivity index (χ4n) is 3.00. The number of rotatable bonds is 6. The lowest BCUT2D eigenvalue weighted by Crippen LogP contribution is -2.46. The molecule has 0 spiro atoms. The van der Waals surface area contributed by atoms with Crippen LogP contribution in [0.15, 0.2) is 0 Å². The fraction of sp³-hybridized carbons (Fsp3) is 0.867. The Bertz CT molecular complexity index is 396. The number of aliphatic carboxylic acids is 1. The van der Waals surface area contributed by atoms with Gasteiger partial charge in [0.2, 0.25) is 0 Å². The van der Waals surface area contributed by atoms with E-state index in [0.717, 1.165) is 6.54 Å². The van der Waals surface area contributed by atoms with Crippen LogP contribution in [0, 0.1) is 10.8 Å². The summed E-state index contributed by atoms with van der Waals surface area (Å²) in [6.07, 6.45) is 1.09. The maximum absolute atomic E-state index is 12.2. The molecule has 0 bridgehead atoms. The molecule has 1 aliphatic heterocycles. The van der Waals surface area contributed by atoms with E-state index in [-0.39, 0.29) is 11.4 Å². The first kappa shape index (κ1) is 17.8. The van der Waals surface area contributed by atoms with Crippen LogP contribution in [0.1, 0.15) is 33.6 Å². The molecule has 0 aromatic carbocycles. The summed E-state index contributed by atoms with van der Waals surface area (Å²) in [5, 5.41) is 12.3. The number of nitrogens with one attached hydrogen (secondary N) is 1. The van der Waals surface area contributed by atoms with E-state index in [0.29, 0.717) is 32.5 Å².